The average Bonchev–Trinajstić information content (AvgIpc) is 2.59. The molecule has 0 amide bonds. The number of benzene rings is 1. The number of halogens is 5. The second kappa shape index (κ2) is 7.22. The van der Waals surface area contributed by atoms with Crippen molar-refractivity contribution in [3.63, 3.8) is 0 Å². The van der Waals surface area contributed by atoms with Crippen LogP contribution in [0.3, 0.4) is 0 Å². The molecule has 0 fully saturated rings. The molecule has 1 aromatic carbocycles. The van der Waals surface area contributed by atoms with E-state index in [0.717, 1.165) is 0 Å². The van der Waals surface area contributed by atoms with Gasteiger partial charge >= 0.3 is 12.8 Å². The number of hydrogen-bond donors (Lipinski definition) is 2. The van der Waals surface area contributed by atoms with Gasteiger partial charge in [-0.25, -0.2) is 4.99 Å². The Morgan fingerprint density at radius 2 is 1.89 bits per heavy atom. The number of anilines is 1. The number of alkyl halides is 5. The van der Waals surface area contributed by atoms with Gasteiger partial charge in [0.05, 0.1) is 11.0 Å². The number of nitrogens with one attached hydrogen (secondary N) is 2. The predicted molar refractivity (Wildman–Crippen MR) is 90.7 cm³/mol. The maximum Gasteiger partial charge on any atom is 0.408 e. The molecule has 5 nitrogen and oxygen atoms in total. The molecule has 0 spiro atoms. The van der Waals surface area contributed by atoms with Crippen LogP contribution in [0, 0.1) is 0 Å². The zero-order valence-electron chi connectivity index (χ0n) is 13.6. The van der Waals surface area contributed by atoms with Crippen LogP contribution in [0.15, 0.2) is 35.5 Å². The molecule has 0 saturated carbocycles. The Morgan fingerprint density at radius 1 is 1.19 bits per heavy atom. The first-order valence-electron chi connectivity index (χ1n) is 7.61. The number of aliphatic imine (C=N–C) groups is 1. The van der Waals surface area contributed by atoms with E-state index in [0.29, 0.717) is 27.4 Å². The Bertz CT molecular complexity index is 971. The smallest absolute Gasteiger partial charge is 0.408 e. The summed E-state index contributed by atoms with van der Waals surface area (Å²) in [5.41, 5.74) is 1.54. The van der Waals surface area contributed by atoms with Crippen molar-refractivity contribution in [2.24, 2.45) is 4.99 Å². The zero-order chi connectivity index (χ0) is 19.6. The third-order valence-corrected chi connectivity index (χ3v) is 3.58. The summed E-state index contributed by atoms with van der Waals surface area (Å²) in [4.78, 5) is 7.62. The zero-order valence-corrected chi connectivity index (χ0v) is 13.6. The summed E-state index contributed by atoms with van der Waals surface area (Å²) in [6.07, 6.45) is -1.48. The van der Waals surface area contributed by atoms with Gasteiger partial charge in [0.1, 0.15) is 12.3 Å². The molecule has 10 heteroatoms. The fourth-order valence-electron chi connectivity index (χ4n) is 2.48. The number of hydrogen-bond acceptors (Lipinski definition) is 3. The van der Waals surface area contributed by atoms with E-state index in [1.54, 1.807) is 0 Å². The van der Waals surface area contributed by atoms with E-state index < -0.39 is 19.3 Å². The van der Waals surface area contributed by atoms with Crippen LogP contribution in [0.4, 0.5) is 27.6 Å². The predicted octanol–water partition coefficient (Wildman–Crippen LogP) is 2.43. The van der Waals surface area contributed by atoms with Crippen molar-refractivity contribution in [2.75, 3.05) is 11.9 Å². The molecule has 142 valence electrons. The van der Waals surface area contributed by atoms with Crippen LogP contribution in [-0.4, -0.2) is 30.3 Å². The van der Waals surface area contributed by atoms with Gasteiger partial charge in [0.25, 0.3) is 0 Å². The molecule has 1 aliphatic rings. The molecule has 0 saturated heterocycles. The summed E-state index contributed by atoms with van der Waals surface area (Å²) >= 11 is 0. The highest BCUT2D eigenvalue weighted by Gasteiger charge is 2.27. The third-order valence-electron chi connectivity index (χ3n) is 3.58. The van der Waals surface area contributed by atoms with E-state index in [2.05, 4.69) is 31.9 Å². The highest BCUT2D eigenvalue weighted by atomic mass is 19.4. The highest BCUT2D eigenvalue weighted by Crippen LogP contribution is 2.25. The fraction of sp³-hybridized carbons (Fsp3) is 0.176. The Labute approximate surface area is 149 Å². The van der Waals surface area contributed by atoms with Crippen molar-refractivity contribution >= 4 is 24.4 Å². The van der Waals surface area contributed by atoms with Crippen molar-refractivity contribution in [2.45, 2.75) is 12.8 Å². The van der Waals surface area contributed by atoms with Gasteiger partial charge in [-0.3, -0.25) is 4.98 Å². The van der Waals surface area contributed by atoms with Gasteiger partial charge in [-0.1, -0.05) is 18.7 Å². The fourth-order valence-corrected chi connectivity index (χ4v) is 2.48. The maximum atomic E-state index is 12.4. The van der Waals surface area contributed by atoms with Crippen molar-refractivity contribution in [1.29, 1.82) is 0 Å². The van der Waals surface area contributed by atoms with Crippen LogP contribution in [0.5, 0.6) is 5.75 Å². The third kappa shape index (κ3) is 4.52. The molecule has 0 atom stereocenters. The Hall–Kier alpha value is -3.17. The maximum absolute atomic E-state index is 12.4. The van der Waals surface area contributed by atoms with E-state index in [-0.39, 0.29) is 11.7 Å². The summed E-state index contributed by atoms with van der Waals surface area (Å²) < 4.78 is 66.0. The Balaban J connectivity index is 1.98. The lowest BCUT2D eigenvalue weighted by Gasteiger charge is -2.19. The van der Waals surface area contributed by atoms with Gasteiger partial charge in [-0.15, -0.1) is 0 Å². The van der Waals surface area contributed by atoms with E-state index in [1.807, 2.05) is 0 Å². The Morgan fingerprint density at radius 3 is 2.52 bits per heavy atom. The first kappa shape index (κ1) is 18.6. The normalized spacial score (nSPS) is 15.0. The quantitative estimate of drug-likeness (QED) is 0.796. The van der Waals surface area contributed by atoms with Gasteiger partial charge < -0.3 is 15.4 Å². The Kier molecular flexibility index (Phi) is 4.98. The van der Waals surface area contributed by atoms with Gasteiger partial charge in [0.2, 0.25) is 0 Å². The first-order chi connectivity index (χ1) is 12.7. The lowest BCUT2D eigenvalue weighted by atomic mass is 10.0. The lowest BCUT2D eigenvalue weighted by Crippen LogP contribution is -2.38. The summed E-state index contributed by atoms with van der Waals surface area (Å²) in [6, 6.07) is 5.76. The molecule has 0 aliphatic carbocycles. The molecule has 0 radical (unpaired) electrons. The number of nitrogens with zero attached hydrogens (tertiary/aromatic N) is 2. The molecule has 27 heavy (non-hydrogen) atoms. The minimum atomic E-state index is -4.43. The molecule has 0 unspecified atom stereocenters. The second-order valence-corrected chi connectivity index (χ2v) is 5.51. The lowest BCUT2D eigenvalue weighted by molar-refractivity contribution is -0.118. The molecule has 1 aliphatic heterocycles. The van der Waals surface area contributed by atoms with E-state index in [4.69, 9.17) is 0 Å². The molecular formula is C17H13F5N4O. The van der Waals surface area contributed by atoms with E-state index in [1.165, 1.54) is 36.7 Å². The van der Waals surface area contributed by atoms with Gasteiger partial charge in [-0.2, -0.15) is 22.0 Å². The van der Waals surface area contributed by atoms with Gasteiger partial charge in [0.15, 0.2) is 5.96 Å². The van der Waals surface area contributed by atoms with Crippen molar-refractivity contribution < 1.29 is 26.7 Å². The number of fused-ring (bicyclic) bond motifs is 1. The molecule has 2 aromatic rings. The number of aromatic nitrogens is 1. The largest absolute Gasteiger partial charge is 0.435 e. The molecule has 2 heterocycles. The van der Waals surface area contributed by atoms with Crippen LogP contribution in [-0.2, 0) is 0 Å². The minimum absolute atomic E-state index is 0.0225. The summed E-state index contributed by atoms with van der Waals surface area (Å²) in [5, 5.41) is 6.36. The van der Waals surface area contributed by atoms with Crippen LogP contribution >= 0.6 is 0 Å². The van der Waals surface area contributed by atoms with E-state index >= 15 is 0 Å². The summed E-state index contributed by atoms with van der Waals surface area (Å²) in [5.74, 6) is -0.102. The van der Waals surface area contributed by atoms with Crippen LogP contribution in [0.2, 0.25) is 0 Å². The molecule has 3 rings (SSSR count). The molecule has 2 N–H and O–H groups in total. The second-order valence-electron chi connectivity index (χ2n) is 5.51. The number of ether oxygens (including phenoxy) is 1. The standard InChI is InChI=1S/C17H13F5N4O/c1-9-13(10-2-4-12(5-3-10)27-15(18)19)14-11(6-23-9)7-24-16(26-14)25-8-17(20,21)22/h2-7,15H,1,8H2,(H2,24,25,26). The van der Waals surface area contributed by atoms with Gasteiger partial charge in [0, 0.05) is 23.2 Å². The number of pyridine rings is 1. The van der Waals surface area contributed by atoms with E-state index in [9.17, 15) is 22.0 Å². The minimum Gasteiger partial charge on any atom is -0.435 e. The molecular weight excluding hydrogens is 371 g/mol. The summed E-state index contributed by atoms with van der Waals surface area (Å²) in [6.45, 7) is -0.459. The monoisotopic (exact) mass is 384 g/mol. The van der Waals surface area contributed by atoms with Crippen LogP contribution in [0.1, 0.15) is 0 Å². The van der Waals surface area contributed by atoms with Crippen LogP contribution in [0.25, 0.3) is 23.9 Å². The average molecular weight is 384 g/mol. The topological polar surface area (TPSA) is 58.5 Å². The number of rotatable bonds is 4. The number of guanidine groups is 1. The molecule has 0 bridgehead atoms. The first-order valence-corrected chi connectivity index (χ1v) is 7.61. The van der Waals surface area contributed by atoms with Gasteiger partial charge in [-0.05, 0) is 17.7 Å². The van der Waals surface area contributed by atoms with Crippen molar-refractivity contribution in [1.82, 2.24) is 10.3 Å². The van der Waals surface area contributed by atoms with Crippen molar-refractivity contribution in [3.05, 3.63) is 41.0 Å². The molecule has 1 aromatic heterocycles. The highest BCUT2D eigenvalue weighted by molar-refractivity contribution is 6.01. The van der Waals surface area contributed by atoms with Crippen LogP contribution < -0.4 is 25.9 Å². The SMILES string of the molecule is C=c1ncc2c(c1-c1ccc(OC(F)F)cc1)NC(=NCC(F)(F)F)NC=2. The van der Waals surface area contributed by atoms with Crippen molar-refractivity contribution in [3.8, 4) is 16.9 Å². The summed E-state index contributed by atoms with van der Waals surface area (Å²) in [7, 11) is 0.